The molecular weight excluding hydrogens is 376 g/mol. The SMILES string of the molecule is O=C(O)COc1ccc(Cn2cccn2)cc1CCCc1ccc2ccccc2c1. The van der Waals surface area contributed by atoms with Crippen molar-refractivity contribution in [3.05, 3.63) is 95.8 Å². The van der Waals surface area contributed by atoms with Gasteiger partial charge in [0.25, 0.3) is 0 Å². The van der Waals surface area contributed by atoms with Crippen molar-refractivity contribution in [2.75, 3.05) is 6.61 Å². The number of carbonyl (C=O) groups is 1. The van der Waals surface area contributed by atoms with Crippen molar-refractivity contribution in [2.45, 2.75) is 25.8 Å². The number of nitrogens with zero attached hydrogens (tertiary/aromatic N) is 2. The lowest BCUT2D eigenvalue weighted by Crippen LogP contribution is -2.11. The first-order chi connectivity index (χ1) is 14.7. The van der Waals surface area contributed by atoms with E-state index in [4.69, 9.17) is 9.84 Å². The van der Waals surface area contributed by atoms with E-state index in [1.165, 1.54) is 16.3 Å². The highest BCUT2D eigenvalue weighted by molar-refractivity contribution is 5.82. The van der Waals surface area contributed by atoms with Crippen molar-refractivity contribution in [1.29, 1.82) is 0 Å². The molecule has 3 aromatic carbocycles. The topological polar surface area (TPSA) is 64.3 Å². The average Bonchev–Trinajstić information content (AvgIpc) is 3.26. The summed E-state index contributed by atoms with van der Waals surface area (Å²) in [5.74, 6) is -0.335. The number of aromatic nitrogens is 2. The van der Waals surface area contributed by atoms with Gasteiger partial charge in [-0.1, -0.05) is 54.6 Å². The molecule has 5 heteroatoms. The second-order valence-corrected chi connectivity index (χ2v) is 7.36. The highest BCUT2D eigenvalue weighted by atomic mass is 16.5. The number of aryl methyl sites for hydroxylation is 2. The van der Waals surface area contributed by atoms with Gasteiger partial charge in [0.1, 0.15) is 5.75 Å². The van der Waals surface area contributed by atoms with Gasteiger partial charge in [0.05, 0.1) is 6.54 Å². The fraction of sp³-hybridized carbons (Fsp3) is 0.200. The van der Waals surface area contributed by atoms with E-state index >= 15 is 0 Å². The monoisotopic (exact) mass is 400 g/mol. The number of hydrogen-bond acceptors (Lipinski definition) is 3. The standard InChI is InChI=1S/C25H24N2O3/c28-25(29)18-30-24-12-10-20(17-27-14-4-13-26-27)16-23(24)8-3-5-19-9-11-21-6-1-2-7-22(21)15-19/h1-2,4,6-7,9-16H,3,5,8,17-18H2,(H,28,29). The molecule has 1 aromatic heterocycles. The third-order valence-corrected chi connectivity index (χ3v) is 5.11. The van der Waals surface area contributed by atoms with Gasteiger partial charge in [-0.15, -0.1) is 0 Å². The highest BCUT2D eigenvalue weighted by Crippen LogP contribution is 2.24. The van der Waals surface area contributed by atoms with Crippen LogP contribution in [0.1, 0.15) is 23.1 Å². The van der Waals surface area contributed by atoms with E-state index in [1.807, 2.05) is 29.1 Å². The molecule has 30 heavy (non-hydrogen) atoms. The average molecular weight is 400 g/mol. The smallest absolute Gasteiger partial charge is 0.341 e. The molecule has 4 aromatic rings. The molecule has 1 heterocycles. The number of aliphatic carboxylic acids is 1. The zero-order valence-corrected chi connectivity index (χ0v) is 16.7. The Morgan fingerprint density at radius 1 is 0.933 bits per heavy atom. The lowest BCUT2D eigenvalue weighted by molar-refractivity contribution is -0.139. The van der Waals surface area contributed by atoms with Crippen molar-refractivity contribution in [3.63, 3.8) is 0 Å². The first kappa shape index (κ1) is 19.7. The predicted octanol–water partition coefficient (Wildman–Crippen LogP) is 4.72. The van der Waals surface area contributed by atoms with Gasteiger partial charge in [0.2, 0.25) is 0 Å². The lowest BCUT2D eigenvalue weighted by Gasteiger charge is -2.13. The predicted molar refractivity (Wildman–Crippen MR) is 117 cm³/mol. The molecule has 152 valence electrons. The molecule has 0 bridgehead atoms. The van der Waals surface area contributed by atoms with Gasteiger partial charge >= 0.3 is 5.97 Å². The molecular formula is C25H24N2O3. The van der Waals surface area contributed by atoms with Gasteiger partial charge in [-0.2, -0.15) is 5.10 Å². The molecule has 0 fully saturated rings. The van der Waals surface area contributed by atoms with Crippen LogP contribution in [-0.2, 0) is 24.2 Å². The third-order valence-electron chi connectivity index (χ3n) is 5.11. The maximum Gasteiger partial charge on any atom is 0.341 e. The number of rotatable bonds is 9. The number of fused-ring (bicyclic) bond motifs is 1. The summed E-state index contributed by atoms with van der Waals surface area (Å²) in [6, 6.07) is 22.8. The zero-order valence-electron chi connectivity index (χ0n) is 16.7. The van der Waals surface area contributed by atoms with Crippen molar-refractivity contribution >= 4 is 16.7 Å². The second-order valence-electron chi connectivity index (χ2n) is 7.36. The first-order valence-electron chi connectivity index (χ1n) is 10.1. The van der Waals surface area contributed by atoms with Crippen LogP contribution in [0.15, 0.2) is 79.1 Å². The summed E-state index contributed by atoms with van der Waals surface area (Å²) in [5, 5.41) is 15.7. The molecule has 0 atom stereocenters. The van der Waals surface area contributed by atoms with E-state index in [-0.39, 0.29) is 6.61 Å². The Bertz CT molecular complexity index is 1140. The van der Waals surface area contributed by atoms with Crippen LogP contribution in [0.25, 0.3) is 10.8 Å². The normalized spacial score (nSPS) is 10.9. The largest absolute Gasteiger partial charge is 0.482 e. The second kappa shape index (κ2) is 9.27. The number of carboxylic acids is 1. The molecule has 0 amide bonds. The van der Waals surface area contributed by atoms with Crippen LogP contribution >= 0.6 is 0 Å². The van der Waals surface area contributed by atoms with Crippen molar-refractivity contribution < 1.29 is 14.6 Å². The van der Waals surface area contributed by atoms with Crippen molar-refractivity contribution in [2.24, 2.45) is 0 Å². The van der Waals surface area contributed by atoms with Crippen LogP contribution < -0.4 is 4.74 Å². The van der Waals surface area contributed by atoms with Gasteiger partial charge in [-0.05, 0) is 58.9 Å². The van der Waals surface area contributed by atoms with Gasteiger partial charge in [0, 0.05) is 12.4 Å². The molecule has 0 saturated carbocycles. The molecule has 0 aliphatic heterocycles. The van der Waals surface area contributed by atoms with Gasteiger partial charge in [-0.3, -0.25) is 4.68 Å². The Morgan fingerprint density at radius 3 is 2.57 bits per heavy atom. The molecule has 0 unspecified atom stereocenters. The quantitative estimate of drug-likeness (QED) is 0.441. The molecule has 0 radical (unpaired) electrons. The Hall–Kier alpha value is -3.60. The minimum absolute atomic E-state index is 0.337. The minimum atomic E-state index is -0.974. The number of carboxylic acid groups (broad SMARTS) is 1. The fourth-order valence-corrected chi connectivity index (χ4v) is 3.67. The molecule has 0 spiro atoms. The Kier molecular flexibility index (Phi) is 6.09. The van der Waals surface area contributed by atoms with Crippen molar-refractivity contribution in [1.82, 2.24) is 9.78 Å². The molecule has 4 rings (SSSR count). The van der Waals surface area contributed by atoms with E-state index in [0.717, 1.165) is 30.4 Å². The maximum absolute atomic E-state index is 10.9. The highest BCUT2D eigenvalue weighted by Gasteiger charge is 2.09. The molecule has 0 aliphatic rings. The fourth-order valence-electron chi connectivity index (χ4n) is 3.67. The summed E-state index contributed by atoms with van der Waals surface area (Å²) in [7, 11) is 0. The van der Waals surface area contributed by atoms with E-state index in [9.17, 15) is 4.79 Å². The van der Waals surface area contributed by atoms with Crippen LogP contribution in [0, 0.1) is 0 Å². The van der Waals surface area contributed by atoms with Gasteiger partial charge < -0.3 is 9.84 Å². The molecule has 5 nitrogen and oxygen atoms in total. The Labute approximate surface area is 175 Å². The summed E-state index contributed by atoms with van der Waals surface area (Å²) in [4.78, 5) is 10.9. The van der Waals surface area contributed by atoms with Crippen LogP contribution in [-0.4, -0.2) is 27.5 Å². The molecule has 0 saturated heterocycles. The minimum Gasteiger partial charge on any atom is -0.482 e. The number of ether oxygens (including phenoxy) is 1. The lowest BCUT2D eigenvalue weighted by atomic mass is 9.99. The van der Waals surface area contributed by atoms with Crippen LogP contribution in [0.2, 0.25) is 0 Å². The van der Waals surface area contributed by atoms with E-state index < -0.39 is 5.97 Å². The van der Waals surface area contributed by atoms with E-state index in [2.05, 4.69) is 53.6 Å². The Morgan fingerprint density at radius 2 is 1.77 bits per heavy atom. The van der Waals surface area contributed by atoms with Crippen molar-refractivity contribution in [3.8, 4) is 5.75 Å². The maximum atomic E-state index is 10.9. The number of benzene rings is 3. The zero-order chi connectivity index (χ0) is 20.8. The third kappa shape index (κ3) is 5.06. The van der Waals surface area contributed by atoms with Gasteiger partial charge in [-0.25, -0.2) is 4.79 Å². The van der Waals surface area contributed by atoms with Crippen LogP contribution in [0.4, 0.5) is 0 Å². The Balaban J connectivity index is 1.47. The molecule has 1 N–H and O–H groups in total. The summed E-state index contributed by atoms with van der Waals surface area (Å²) in [5.41, 5.74) is 3.44. The summed E-state index contributed by atoms with van der Waals surface area (Å²) in [6.45, 7) is 0.333. The first-order valence-corrected chi connectivity index (χ1v) is 10.1. The number of hydrogen-bond donors (Lipinski definition) is 1. The van der Waals surface area contributed by atoms with E-state index in [1.54, 1.807) is 6.20 Å². The van der Waals surface area contributed by atoms with Crippen LogP contribution in [0.5, 0.6) is 5.75 Å². The van der Waals surface area contributed by atoms with E-state index in [0.29, 0.717) is 12.3 Å². The van der Waals surface area contributed by atoms with Crippen LogP contribution in [0.3, 0.4) is 0 Å². The summed E-state index contributed by atoms with van der Waals surface area (Å²) >= 11 is 0. The summed E-state index contributed by atoms with van der Waals surface area (Å²) in [6.07, 6.45) is 6.40. The van der Waals surface area contributed by atoms with Gasteiger partial charge in [0.15, 0.2) is 6.61 Å². The molecule has 0 aliphatic carbocycles. The summed E-state index contributed by atoms with van der Waals surface area (Å²) < 4.78 is 7.39.